The standard InChI is InChI=1S/C14H24/c1-13(2)11-12(13)7-10-14(3)8-5-4-6-9-14/h7,10,12H,4-6,8-9,11H2,1-3H3/b10-7-. The zero-order chi connectivity index (χ0) is 10.2. The summed E-state index contributed by atoms with van der Waals surface area (Å²) in [6, 6.07) is 0. The maximum Gasteiger partial charge on any atom is -0.0146 e. The van der Waals surface area contributed by atoms with Gasteiger partial charge >= 0.3 is 0 Å². The Bertz CT molecular complexity index is 228. The van der Waals surface area contributed by atoms with E-state index < -0.39 is 0 Å². The van der Waals surface area contributed by atoms with Gasteiger partial charge in [-0.15, -0.1) is 0 Å². The Hall–Kier alpha value is -0.260. The quantitative estimate of drug-likeness (QED) is 0.563. The van der Waals surface area contributed by atoms with E-state index in [0.717, 1.165) is 5.92 Å². The van der Waals surface area contributed by atoms with E-state index in [1.165, 1.54) is 38.5 Å². The third kappa shape index (κ3) is 2.21. The highest BCUT2D eigenvalue weighted by Crippen LogP contribution is 2.53. The normalized spacial score (nSPS) is 34.6. The topological polar surface area (TPSA) is 0 Å². The molecule has 80 valence electrons. The largest absolute Gasteiger partial charge is 0.0843 e. The van der Waals surface area contributed by atoms with Crippen molar-refractivity contribution in [1.29, 1.82) is 0 Å². The van der Waals surface area contributed by atoms with E-state index in [0.29, 0.717) is 10.8 Å². The maximum absolute atomic E-state index is 2.53. The Labute approximate surface area is 88.8 Å². The minimum atomic E-state index is 0.539. The SMILES string of the molecule is CC1(/C=C\C2CC2(C)C)CCCCC1. The molecule has 1 atom stereocenters. The zero-order valence-corrected chi connectivity index (χ0v) is 9.97. The molecule has 2 saturated carbocycles. The Balaban J connectivity index is 1.89. The molecule has 0 radical (unpaired) electrons. The monoisotopic (exact) mass is 192 g/mol. The lowest BCUT2D eigenvalue weighted by Gasteiger charge is -2.30. The first-order valence-electron chi connectivity index (χ1n) is 6.21. The first kappa shape index (κ1) is 10.3. The molecule has 2 rings (SSSR count). The summed E-state index contributed by atoms with van der Waals surface area (Å²) in [6.07, 6.45) is 13.6. The van der Waals surface area contributed by atoms with Gasteiger partial charge in [-0.2, -0.15) is 0 Å². The molecular formula is C14H24. The third-order valence-electron chi connectivity index (χ3n) is 4.32. The van der Waals surface area contributed by atoms with Crippen molar-refractivity contribution in [3.8, 4) is 0 Å². The molecule has 0 heteroatoms. The van der Waals surface area contributed by atoms with Crippen LogP contribution in [0.15, 0.2) is 12.2 Å². The number of allylic oxidation sites excluding steroid dienone is 2. The van der Waals surface area contributed by atoms with E-state index in [1.54, 1.807) is 0 Å². The van der Waals surface area contributed by atoms with Crippen LogP contribution in [0, 0.1) is 16.7 Å². The van der Waals surface area contributed by atoms with Gasteiger partial charge in [-0.1, -0.05) is 52.2 Å². The smallest absolute Gasteiger partial charge is 0.0146 e. The van der Waals surface area contributed by atoms with Crippen molar-refractivity contribution in [1.82, 2.24) is 0 Å². The van der Waals surface area contributed by atoms with Gasteiger partial charge in [0.1, 0.15) is 0 Å². The number of rotatable bonds is 2. The van der Waals surface area contributed by atoms with Crippen LogP contribution in [0.3, 0.4) is 0 Å². The molecule has 0 aromatic heterocycles. The van der Waals surface area contributed by atoms with E-state index in [9.17, 15) is 0 Å². The molecule has 2 aliphatic carbocycles. The van der Waals surface area contributed by atoms with Gasteiger partial charge in [0.2, 0.25) is 0 Å². The van der Waals surface area contributed by atoms with Gasteiger partial charge in [-0.25, -0.2) is 0 Å². The molecule has 0 spiro atoms. The minimum absolute atomic E-state index is 0.539. The molecular weight excluding hydrogens is 168 g/mol. The van der Waals surface area contributed by atoms with Crippen LogP contribution in [0.2, 0.25) is 0 Å². The number of hydrogen-bond acceptors (Lipinski definition) is 0. The molecule has 14 heavy (non-hydrogen) atoms. The third-order valence-corrected chi connectivity index (χ3v) is 4.32. The van der Waals surface area contributed by atoms with Gasteiger partial charge in [0.15, 0.2) is 0 Å². The van der Waals surface area contributed by atoms with Crippen molar-refractivity contribution in [2.24, 2.45) is 16.7 Å². The molecule has 2 aliphatic rings. The van der Waals surface area contributed by atoms with Crippen LogP contribution in [-0.4, -0.2) is 0 Å². The summed E-state index contributed by atoms with van der Waals surface area (Å²) in [5.41, 5.74) is 1.15. The maximum atomic E-state index is 2.53. The summed E-state index contributed by atoms with van der Waals surface area (Å²) in [5, 5.41) is 0. The van der Waals surface area contributed by atoms with Crippen LogP contribution in [0.25, 0.3) is 0 Å². The molecule has 0 amide bonds. The van der Waals surface area contributed by atoms with E-state index >= 15 is 0 Å². The van der Waals surface area contributed by atoms with Crippen LogP contribution in [0.1, 0.15) is 59.3 Å². The van der Waals surface area contributed by atoms with Crippen molar-refractivity contribution in [3.63, 3.8) is 0 Å². The van der Waals surface area contributed by atoms with Crippen LogP contribution in [-0.2, 0) is 0 Å². The first-order chi connectivity index (χ1) is 6.52. The summed E-state index contributed by atoms with van der Waals surface area (Å²) in [5.74, 6) is 0.876. The lowest BCUT2D eigenvalue weighted by Crippen LogP contribution is -2.17. The molecule has 1 unspecified atom stereocenters. The number of hydrogen-bond donors (Lipinski definition) is 0. The van der Waals surface area contributed by atoms with E-state index in [-0.39, 0.29) is 0 Å². The zero-order valence-electron chi connectivity index (χ0n) is 9.97. The Morgan fingerprint density at radius 3 is 2.07 bits per heavy atom. The molecule has 0 bridgehead atoms. The van der Waals surface area contributed by atoms with Crippen molar-refractivity contribution >= 4 is 0 Å². The van der Waals surface area contributed by atoms with Crippen LogP contribution in [0.5, 0.6) is 0 Å². The second-order valence-electron chi connectivity index (χ2n) is 6.37. The van der Waals surface area contributed by atoms with E-state index in [2.05, 4.69) is 32.9 Å². The van der Waals surface area contributed by atoms with Gasteiger partial charge in [-0.3, -0.25) is 0 Å². The van der Waals surface area contributed by atoms with Gasteiger partial charge in [0, 0.05) is 0 Å². The van der Waals surface area contributed by atoms with Crippen molar-refractivity contribution in [2.45, 2.75) is 59.3 Å². The van der Waals surface area contributed by atoms with Crippen molar-refractivity contribution < 1.29 is 0 Å². The first-order valence-corrected chi connectivity index (χ1v) is 6.21. The molecule has 0 heterocycles. The molecule has 2 fully saturated rings. The fourth-order valence-electron chi connectivity index (χ4n) is 2.71. The fraction of sp³-hybridized carbons (Fsp3) is 0.857. The van der Waals surface area contributed by atoms with Gasteiger partial charge in [0.05, 0.1) is 0 Å². The minimum Gasteiger partial charge on any atom is -0.0843 e. The lowest BCUT2D eigenvalue weighted by atomic mass is 9.75. The Morgan fingerprint density at radius 2 is 1.57 bits per heavy atom. The summed E-state index contributed by atoms with van der Waals surface area (Å²) in [4.78, 5) is 0. The van der Waals surface area contributed by atoms with Gasteiger partial charge in [-0.05, 0) is 36.0 Å². The highest BCUT2D eigenvalue weighted by Gasteiger charge is 2.43. The summed E-state index contributed by atoms with van der Waals surface area (Å²) in [6.45, 7) is 7.20. The van der Waals surface area contributed by atoms with E-state index in [1.807, 2.05) is 0 Å². The molecule has 0 saturated heterocycles. The summed E-state index contributed by atoms with van der Waals surface area (Å²) >= 11 is 0. The van der Waals surface area contributed by atoms with Crippen molar-refractivity contribution in [2.75, 3.05) is 0 Å². The van der Waals surface area contributed by atoms with E-state index in [4.69, 9.17) is 0 Å². The molecule has 0 aromatic carbocycles. The van der Waals surface area contributed by atoms with Crippen molar-refractivity contribution in [3.05, 3.63) is 12.2 Å². The lowest BCUT2D eigenvalue weighted by molar-refractivity contribution is 0.285. The van der Waals surface area contributed by atoms with Gasteiger partial charge in [0.25, 0.3) is 0 Å². The predicted molar refractivity (Wildman–Crippen MR) is 62.2 cm³/mol. The summed E-state index contributed by atoms with van der Waals surface area (Å²) in [7, 11) is 0. The second-order valence-corrected chi connectivity index (χ2v) is 6.37. The molecule has 0 aromatic rings. The predicted octanol–water partition coefficient (Wildman–Crippen LogP) is 4.56. The average molecular weight is 192 g/mol. The van der Waals surface area contributed by atoms with Crippen LogP contribution >= 0.6 is 0 Å². The highest BCUT2D eigenvalue weighted by atomic mass is 14.5. The molecule has 0 aliphatic heterocycles. The fourth-order valence-corrected chi connectivity index (χ4v) is 2.71. The average Bonchev–Trinajstić information content (AvgIpc) is 2.73. The Morgan fingerprint density at radius 1 is 1.00 bits per heavy atom. The molecule has 0 nitrogen and oxygen atoms in total. The Kier molecular flexibility index (Phi) is 2.49. The summed E-state index contributed by atoms with van der Waals surface area (Å²) < 4.78 is 0. The van der Waals surface area contributed by atoms with Crippen LogP contribution in [0.4, 0.5) is 0 Å². The van der Waals surface area contributed by atoms with Gasteiger partial charge < -0.3 is 0 Å². The highest BCUT2D eigenvalue weighted by molar-refractivity contribution is 5.11. The van der Waals surface area contributed by atoms with Crippen LogP contribution < -0.4 is 0 Å². The second kappa shape index (κ2) is 3.40. The molecule has 0 N–H and O–H groups in total.